The van der Waals surface area contributed by atoms with Crippen molar-refractivity contribution in [2.75, 3.05) is 0 Å². The number of carbonyl (C=O) groups excluding carboxylic acids is 6. The zero-order chi connectivity index (χ0) is 48.5. The summed E-state index contributed by atoms with van der Waals surface area (Å²) < 4.78 is 62.7. The van der Waals surface area contributed by atoms with Gasteiger partial charge >= 0.3 is 46.4 Å². The van der Waals surface area contributed by atoms with Crippen molar-refractivity contribution < 1.29 is 65.6 Å². The van der Waals surface area contributed by atoms with E-state index in [1.807, 2.05) is 0 Å². The van der Waals surface area contributed by atoms with Crippen molar-refractivity contribution in [3.8, 4) is 5.75 Å². The Kier molecular flexibility index (Phi) is 17.5. The molecule has 0 saturated heterocycles. The molecule has 63 heavy (non-hydrogen) atoms. The minimum absolute atomic E-state index is 0.0703. The van der Waals surface area contributed by atoms with Crippen molar-refractivity contribution in [3.63, 3.8) is 0 Å². The van der Waals surface area contributed by atoms with Crippen molar-refractivity contribution in [1.29, 1.82) is 0 Å². The second kappa shape index (κ2) is 20.6. The van der Waals surface area contributed by atoms with Crippen LogP contribution in [0, 0.1) is 6.92 Å². The predicted molar refractivity (Wildman–Crippen MR) is 232 cm³/mol. The van der Waals surface area contributed by atoms with Crippen molar-refractivity contribution in [2.24, 2.45) is 4.99 Å². The van der Waals surface area contributed by atoms with E-state index >= 15 is 0 Å². The van der Waals surface area contributed by atoms with E-state index < -0.39 is 93.4 Å². The highest BCUT2D eigenvalue weighted by atomic mass is 32.2. The first kappa shape index (κ1) is 53.4. The van der Waals surface area contributed by atoms with Gasteiger partial charge in [-0.2, -0.15) is 17.4 Å². The maximum Gasteiger partial charge on any atom is 0.425 e. The Hall–Kier alpha value is -5.76. The fraction of sp³-hybridized carbons (Fsp3) is 0.558. The summed E-state index contributed by atoms with van der Waals surface area (Å²) >= 11 is 0. The van der Waals surface area contributed by atoms with Gasteiger partial charge in [-0.25, -0.2) is 24.2 Å². The number of amides is 3. The van der Waals surface area contributed by atoms with Crippen LogP contribution in [0.5, 0.6) is 5.75 Å². The minimum Gasteiger partial charge on any atom is -0.460 e. The monoisotopic (exact) mass is 905 g/mol. The molecule has 350 valence electrons. The maximum absolute atomic E-state index is 14.0. The first-order valence-electron chi connectivity index (χ1n) is 19.9. The van der Waals surface area contributed by atoms with Crippen LogP contribution in [-0.2, 0) is 50.0 Å². The minimum atomic E-state index is -4.95. The normalized spacial score (nSPS) is 12.8. The van der Waals surface area contributed by atoms with Gasteiger partial charge in [-0.05, 0) is 158 Å². The highest BCUT2D eigenvalue weighted by Gasteiger charge is 2.39. The Labute approximate surface area is 370 Å². The van der Waals surface area contributed by atoms with Crippen LogP contribution in [0.4, 0.5) is 20.1 Å². The second-order valence-corrected chi connectivity index (χ2v) is 20.9. The van der Waals surface area contributed by atoms with Crippen LogP contribution in [0.25, 0.3) is 0 Å². The third-order valence-corrected chi connectivity index (χ3v) is 8.52. The number of hydrogen-bond acceptors (Lipinski definition) is 15. The lowest BCUT2D eigenvalue weighted by Gasteiger charge is -2.30. The Morgan fingerprint density at radius 1 is 0.651 bits per heavy atom. The van der Waals surface area contributed by atoms with Gasteiger partial charge < -0.3 is 28.4 Å². The predicted octanol–water partition coefficient (Wildman–Crippen LogP) is 7.26. The van der Waals surface area contributed by atoms with Gasteiger partial charge in [0, 0.05) is 0 Å². The summed E-state index contributed by atoms with van der Waals surface area (Å²) in [6.45, 7) is 25.1. The first-order valence-corrected chi connectivity index (χ1v) is 21.3. The van der Waals surface area contributed by atoms with Crippen molar-refractivity contribution in [2.45, 2.75) is 158 Å². The van der Waals surface area contributed by atoms with Crippen LogP contribution in [-0.4, -0.2) is 88.9 Å². The molecule has 1 atom stereocenters. The summed E-state index contributed by atoms with van der Waals surface area (Å²) in [5, 5.41) is 4.74. The smallest absolute Gasteiger partial charge is 0.425 e. The standard InChI is InChI=1S/C43H63N5O14S/c1-26-23-30(57-33(50)27-17-20-29(21-18-27)44-35(45-36(52)60-41(8,9)10)46-37(53)61-42(11,12)13)22-19-28(26)25-48(38(54)62-43(14,15)16)63(55,56)47-31(34(51)59-40(5,6)7)24-32(49)58-39(2,3)4/h17-23,31,47H,24-25H2,1-16H3,(H2,44,45,46,52,53). The topological polar surface area (TPSA) is 244 Å². The molecule has 1 unspecified atom stereocenters. The molecular formula is C43H63N5O14S. The van der Waals surface area contributed by atoms with E-state index in [0.717, 1.165) is 0 Å². The molecule has 0 aliphatic rings. The molecule has 0 bridgehead atoms. The number of rotatable bonds is 11. The summed E-state index contributed by atoms with van der Waals surface area (Å²) in [6.07, 6.45) is -3.82. The number of ether oxygens (including phenoxy) is 6. The highest BCUT2D eigenvalue weighted by molar-refractivity contribution is 7.87. The molecule has 3 N–H and O–H groups in total. The Bertz CT molecular complexity index is 2100. The molecule has 2 aromatic carbocycles. The number of guanidine groups is 1. The summed E-state index contributed by atoms with van der Waals surface area (Å²) in [5.41, 5.74) is -3.85. The largest absolute Gasteiger partial charge is 0.460 e. The highest BCUT2D eigenvalue weighted by Crippen LogP contribution is 2.24. The zero-order valence-electron chi connectivity index (χ0n) is 39.1. The number of aliphatic imine (C=N–C) groups is 1. The van der Waals surface area contributed by atoms with Crippen LogP contribution in [0.2, 0.25) is 0 Å². The lowest BCUT2D eigenvalue weighted by atomic mass is 10.1. The van der Waals surface area contributed by atoms with E-state index in [9.17, 15) is 37.2 Å². The summed E-state index contributed by atoms with van der Waals surface area (Å²) in [6, 6.07) is 8.12. The summed E-state index contributed by atoms with van der Waals surface area (Å²) in [5.74, 6) is -3.00. The third kappa shape index (κ3) is 20.8. The van der Waals surface area contributed by atoms with Crippen molar-refractivity contribution >= 4 is 58.0 Å². The van der Waals surface area contributed by atoms with Gasteiger partial charge in [0.2, 0.25) is 5.96 Å². The van der Waals surface area contributed by atoms with Gasteiger partial charge in [-0.3, -0.25) is 20.2 Å². The second-order valence-electron chi connectivity index (χ2n) is 19.2. The Morgan fingerprint density at radius 2 is 1.13 bits per heavy atom. The molecule has 0 heterocycles. The molecular weight excluding hydrogens is 843 g/mol. The van der Waals surface area contributed by atoms with Gasteiger partial charge in [-0.1, -0.05) is 6.07 Å². The fourth-order valence-corrected chi connectivity index (χ4v) is 6.03. The summed E-state index contributed by atoms with van der Waals surface area (Å²) in [4.78, 5) is 81.9. The number of hydrogen-bond donors (Lipinski definition) is 3. The fourth-order valence-electron chi connectivity index (χ4n) is 4.82. The molecule has 20 heteroatoms. The molecule has 2 aromatic rings. The Morgan fingerprint density at radius 3 is 1.57 bits per heavy atom. The van der Waals surface area contributed by atoms with Crippen LogP contribution < -0.4 is 20.1 Å². The third-order valence-electron chi connectivity index (χ3n) is 7.08. The van der Waals surface area contributed by atoms with E-state index in [1.165, 1.54) is 63.2 Å². The lowest BCUT2D eigenvalue weighted by molar-refractivity contribution is -0.164. The van der Waals surface area contributed by atoms with E-state index in [4.69, 9.17) is 28.4 Å². The Balaban J connectivity index is 2.39. The van der Waals surface area contributed by atoms with Crippen molar-refractivity contribution in [1.82, 2.24) is 19.7 Å². The molecule has 0 radical (unpaired) electrons. The SMILES string of the molecule is Cc1cc(OC(=O)c2ccc(N=C(NC(=O)OC(C)(C)C)NC(=O)OC(C)(C)C)cc2)ccc1CN(C(=O)OC(C)(C)C)S(=O)(=O)NC(CC(=O)OC(C)(C)C)C(=O)OC(C)(C)C. The van der Waals surface area contributed by atoms with Crippen LogP contribution in [0.1, 0.15) is 132 Å². The number of aryl methyl sites for hydroxylation is 1. The van der Waals surface area contributed by atoms with Gasteiger partial charge in [-0.15, -0.1) is 0 Å². The molecule has 0 aliphatic carbocycles. The van der Waals surface area contributed by atoms with Crippen LogP contribution in [0.3, 0.4) is 0 Å². The molecule has 0 saturated carbocycles. The van der Waals surface area contributed by atoms with Gasteiger partial charge in [0.1, 0.15) is 39.8 Å². The molecule has 3 amide bonds. The van der Waals surface area contributed by atoms with Gasteiger partial charge in [0.25, 0.3) is 0 Å². The van der Waals surface area contributed by atoms with E-state index in [-0.39, 0.29) is 28.5 Å². The zero-order valence-corrected chi connectivity index (χ0v) is 39.9. The summed E-state index contributed by atoms with van der Waals surface area (Å²) in [7, 11) is -4.95. The maximum atomic E-state index is 14.0. The number of nitrogens with one attached hydrogen (secondary N) is 3. The number of esters is 3. The molecule has 0 spiro atoms. The van der Waals surface area contributed by atoms with E-state index in [1.54, 1.807) is 90.0 Å². The van der Waals surface area contributed by atoms with Gasteiger partial charge in [0.15, 0.2) is 0 Å². The van der Waals surface area contributed by atoms with Crippen LogP contribution >= 0.6 is 0 Å². The molecule has 19 nitrogen and oxygen atoms in total. The number of nitrogens with zero attached hydrogens (tertiary/aromatic N) is 2. The number of benzene rings is 2. The number of alkyl carbamates (subject to hydrolysis) is 2. The average Bonchev–Trinajstić information content (AvgIpc) is 3.03. The molecule has 0 aliphatic heterocycles. The quantitative estimate of drug-likeness (QED) is 0.0661. The number of carbonyl (C=O) groups is 6. The van der Waals surface area contributed by atoms with Crippen LogP contribution in [0.15, 0.2) is 47.5 Å². The lowest BCUT2D eigenvalue weighted by Crippen LogP contribution is -2.53. The van der Waals surface area contributed by atoms with Gasteiger partial charge in [0.05, 0.1) is 24.2 Å². The first-order chi connectivity index (χ1) is 28.4. The molecule has 0 fully saturated rings. The van der Waals surface area contributed by atoms with E-state index in [0.29, 0.717) is 9.87 Å². The molecule has 2 rings (SSSR count). The van der Waals surface area contributed by atoms with E-state index in [2.05, 4.69) is 20.3 Å². The van der Waals surface area contributed by atoms with Crippen molar-refractivity contribution in [3.05, 3.63) is 59.2 Å². The average molecular weight is 906 g/mol. The molecule has 0 aromatic heterocycles.